The Hall–Kier alpha value is -3.35. The molecule has 2 aromatic carbocycles. The molecule has 3 rings (SSSR count). The second kappa shape index (κ2) is 8.56. The first-order valence-corrected chi connectivity index (χ1v) is 8.91. The van der Waals surface area contributed by atoms with Crippen LogP contribution in [0.5, 0.6) is 5.75 Å². The Bertz CT molecular complexity index is 879. The predicted molar refractivity (Wildman–Crippen MR) is 103 cm³/mol. The number of rotatable bonds is 6. The minimum Gasteiger partial charge on any atom is -0.497 e. The first-order chi connectivity index (χ1) is 13.5. The van der Waals surface area contributed by atoms with Gasteiger partial charge < -0.3 is 19.7 Å². The van der Waals surface area contributed by atoms with E-state index in [1.54, 1.807) is 31.4 Å². The third-order valence-electron chi connectivity index (χ3n) is 4.70. The summed E-state index contributed by atoms with van der Waals surface area (Å²) in [4.78, 5) is 38.1. The van der Waals surface area contributed by atoms with E-state index >= 15 is 0 Å². The van der Waals surface area contributed by atoms with Crippen LogP contribution < -0.4 is 15.0 Å². The van der Waals surface area contributed by atoms with Gasteiger partial charge in [0.05, 0.1) is 25.7 Å². The number of nitrogens with zero attached hydrogens (tertiary/aromatic N) is 1. The molecule has 1 N–H and O–H groups in total. The van der Waals surface area contributed by atoms with E-state index in [2.05, 4.69) is 5.32 Å². The van der Waals surface area contributed by atoms with Crippen LogP contribution in [0.15, 0.2) is 48.5 Å². The van der Waals surface area contributed by atoms with Crippen LogP contribution in [0.25, 0.3) is 0 Å². The monoisotopic (exact) mass is 382 g/mol. The predicted octanol–water partition coefficient (Wildman–Crippen LogP) is 2.15. The lowest BCUT2D eigenvalue weighted by Gasteiger charge is -2.17. The fourth-order valence-corrected chi connectivity index (χ4v) is 3.13. The van der Waals surface area contributed by atoms with Crippen LogP contribution in [-0.4, -0.2) is 38.5 Å². The number of amides is 2. The molecule has 0 radical (unpaired) electrons. The molecule has 2 amide bonds. The Morgan fingerprint density at radius 2 is 1.89 bits per heavy atom. The van der Waals surface area contributed by atoms with Crippen molar-refractivity contribution in [2.45, 2.75) is 13.0 Å². The summed E-state index contributed by atoms with van der Waals surface area (Å²) in [6.07, 6.45) is 0.136. The highest BCUT2D eigenvalue weighted by Crippen LogP contribution is 2.26. The first kappa shape index (κ1) is 19.4. The van der Waals surface area contributed by atoms with Crippen LogP contribution in [0.1, 0.15) is 22.3 Å². The van der Waals surface area contributed by atoms with Crippen molar-refractivity contribution in [3.05, 3.63) is 59.7 Å². The number of methoxy groups -OCH3 is 2. The maximum absolute atomic E-state index is 12.5. The molecule has 1 aliphatic rings. The smallest absolute Gasteiger partial charge is 0.337 e. The molecule has 7 nitrogen and oxygen atoms in total. The van der Waals surface area contributed by atoms with Gasteiger partial charge in [0.15, 0.2) is 0 Å². The number of hydrogen-bond acceptors (Lipinski definition) is 5. The SMILES string of the molecule is COC(=O)c1cccc(N2CC(C(=O)NCc3ccc(OC)cc3)CC2=O)c1. The van der Waals surface area contributed by atoms with Crippen LogP contribution in [0.4, 0.5) is 5.69 Å². The van der Waals surface area contributed by atoms with Crippen LogP contribution in [0, 0.1) is 5.92 Å². The number of esters is 1. The van der Waals surface area contributed by atoms with Gasteiger partial charge >= 0.3 is 5.97 Å². The number of hydrogen-bond donors (Lipinski definition) is 1. The Balaban J connectivity index is 1.61. The van der Waals surface area contributed by atoms with Gasteiger partial charge in [-0.2, -0.15) is 0 Å². The van der Waals surface area contributed by atoms with E-state index in [0.717, 1.165) is 11.3 Å². The fourth-order valence-electron chi connectivity index (χ4n) is 3.13. The number of ether oxygens (including phenoxy) is 2. The van der Waals surface area contributed by atoms with Crippen molar-refractivity contribution in [1.82, 2.24) is 5.32 Å². The van der Waals surface area contributed by atoms with Gasteiger partial charge in [0.2, 0.25) is 11.8 Å². The van der Waals surface area contributed by atoms with E-state index in [0.29, 0.717) is 17.8 Å². The fraction of sp³-hybridized carbons (Fsp3) is 0.286. The minimum atomic E-state index is -0.470. The highest BCUT2D eigenvalue weighted by atomic mass is 16.5. The molecule has 0 aromatic heterocycles. The van der Waals surface area contributed by atoms with Gasteiger partial charge in [0.1, 0.15) is 5.75 Å². The van der Waals surface area contributed by atoms with Crippen molar-refractivity contribution in [3.63, 3.8) is 0 Å². The Morgan fingerprint density at radius 3 is 2.57 bits per heavy atom. The van der Waals surface area contributed by atoms with Crippen LogP contribution in [-0.2, 0) is 20.9 Å². The van der Waals surface area contributed by atoms with Gasteiger partial charge in [0.25, 0.3) is 0 Å². The second-order valence-electron chi connectivity index (χ2n) is 6.51. The highest BCUT2D eigenvalue weighted by molar-refractivity contribution is 6.01. The topological polar surface area (TPSA) is 84.9 Å². The normalized spacial score (nSPS) is 16.0. The summed E-state index contributed by atoms with van der Waals surface area (Å²) in [7, 11) is 2.90. The lowest BCUT2D eigenvalue weighted by Crippen LogP contribution is -2.32. The number of anilines is 1. The summed E-state index contributed by atoms with van der Waals surface area (Å²) in [5.41, 5.74) is 1.89. The van der Waals surface area contributed by atoms with Gasteiger partial charge in [-0.25, -0.2) is 4.79 Å². The number of carbonyl (C=O) groups is 3. The lowest BCUT2D eigenvalue weighted by atomic mass is 10.1. The van der Waals surface area contributed by atoms with Gasteiger partial charge in [-0.3, -0.25) is 9.59 Å². The van der Waals surface area contributed by atoms with E-state index in [1.165, 1.54) is 12.0 Å². The molecular formula is C21H22N2O5. The second-order valence-corrected chi connectivity index (χ2v) is 6.51. The van der Waals surface area contributed by atoms with E-state index in [-0.39, 0.29) is 24.8 Å². The van der Waals surface area contributed by atoms with Gasteiger partial charge in [0, 0.05) is 25.2 Å². The van der Waals surface area contributed by atoms with Crippen molar-refractivity contribution in [2.24, 2.45) is 5.92 Å². The summed E-state index contributed by atoms with van der Waals surface area (Å²) in [6.45, 7) is 0.656. The Kier molecular flexibility index (Phi) is 5.93. The molecule has 0 bridgehead atoms. The molecule has 1 heterocycles. The van der Waals surface area contributed by atoms with Crippen molar-refractivity contribution >= 4 is 23.5 Å². The van der Waals surface area contributed by atoms with Crippen molar-refractivity contribution < 1.29 is 23.9 Å². The molecule has 0 aliphatic carbocycles. The van der Waals surface area contributed by atoms with Crippen LogP contribution in [0.3, 0.4) is 0 Å². The molecule has 1 unspecified atom stereocenters. The first-order valence-electron chi connectivity index (χ1n) is 8.91. The molecule has 1 aliphatic heterocycles. The van der Waals surface area contributed by atoms with E-state index in [1.807, 2.05) is 24.3 Å². The Morgan fingerprint density at radius 1 is 1.14 bits per heavy atom. The summed E-state index contributed by atoms with van der Waals surface area (Å²) >= 11 is 0. The van der Waals surface area contributed by atoms with Gasteiger partial charge in [-0.15, -0.1) is 0 Å². The third-order valence-corrected chi connectivity index (χ3v) is 4.70. The highest BCUT2D eigenvalue weighted by Gasteiger charge is 2.35. The standard InChI is InChI=1S/C21H22N2O5/c1-27-18-8-6-14(7-9-18)12-22-20(25)16-11-19(24)23(13-16)17-5-3-4-15(10-17)21(26)28-2/h3-10,16H,11-13H2,1-2H3,(H,22,25). The molecule has 1 saturated heterocycles. The number of benzene rings is 2. The average Bonchev–Trinajstić information content (AvgIpc) is 3.13. The number of nitrogens with one attached hydrogen (secondary N) is 1. The summed E-state index contributed by atoms with van der Waals surface area (Å²) in [6, 6.07) is 14.1. The van der Waals surface area contributed by atoms with E-state index in [4.69, 9.17) is 9.47 Å². The van der Waals surface area contributed by atoms with Gasteiger partial charge in [-0.05, 0) is 35.9 Å². The summed E-state index contributed by atoms with van der Waals surface area (Å²) in [5.74, 6) is -0.474. The Labute approximate surface area is 163 Å². The van der Waals surface area contributed by atoms with Crippen molar-refractivity contribution in [1.29, 1.82) is 0 Å². The maximum atomic E-state index is 12.5. The molecular weight excluding hydrogens is 360 g/mol. The molecule has 28 heavy (non-hydrogen) atoms. The molecule has 146 valence electrons. The zero-order valence-electron chi connectivity index (χ0n) is 15.8. The summed E-state index contributed by atoms with van der Waals surface area (Å²) < 4.78 is 9.83. The minimum absolute atomic E-state index is 0.136. The van der Waals surface area contributed by atoms with Crippen LogP contribution in [0.2, 0.25) is 0 Å². The lowest BCUT2D eigenvalue weighted by molar-refractivity contribution is -0.126. The molecule has 1 fully saturated rings. The molecule has 0 spiro atoms. The maximum Gasteiger partial charge on any atom is 0.337 e. The van der Waals surface area contributed by atoms with E-state index < -0.39 is 11.9 Å². The molecule has 2 aromatic rings. The quantitative estimate of drug-likeness (QED) is 0.774. The van der Waals surface area contributed by atoms with Crippen LogP contribution >= 0.6 is 0 Å². The average molecular weight is 382 g/mol. The van der Waals surface area contributed by atoms with Crippen molar-refractivity contribution in [3.8, 4) is 5.75 Å². The van der Waals surface area contributed by atoms with Gasteiger partial charge in [-0.1, -0.05) is 18.2 Å². The summed E-state index contributed by atoms with van der Waals surface area (Å²) in [5, 5.41) is 2.88. The zero-order chi connectivity index (χ0) is 20.1. The van der Waals surface area contributed by atoms with E-state index in [9.17, 15) is 14.4 Å². The molecule has 1 atom stereocenters. The largest absolute Gasteiger partial charge is 0.497 e. The van der Waals surface area contributed by atoms with Crippen molar-refractivity contribution in [2.75, 3.05) is 25.7 Å². The molecule has 0 saturated carbocycles. The molecule has 7 heteroatoms. The third kappa shape index (κ3) is 4.31. The number of carbonyl (C=O) groups excluding carboxylic acids is 3. The zero-order valence-corrected chi connectivity index (χ0v) is 15.8.